The van der Waals surface area contributed by atoms with Crippen LogP contribution in [0.25, 0.3) is 11.1 Å². The van der Waals surface area contributed by atoms with Crippen molar-refractivity contribution in [3.05, 3.63) is 84.1 Å². The Bertz CT molecular complexity index is 1270. The third-order valence-corrected chi connectivity index (χ3v) is 7.11. The third-order valence-electron chi connectivity index (χ3n) is 7.11. The minimum Gasteiger partial charge on any atom is -0.321 e. The Morgan fingerprint density at radius 2 is 2.00 bits per heavy atom. The highest BCUT2D eigenvalue weighted by Crippen LogP contribution is 2.41. The molecule has 0 spiro atoms. The molecule has 1 amide bonds. The number of carbonyl (C=O) groups is 1. The molecule has 1 unspecified atom stereocenters. The third kappa shape index (κ3) is 4.30. The van der Waals surface area contributed by atoms with Crippen LogP contribution >= 0.6 is 0 Å². The summed E-state index contributed by atoms with van der Waals surface area (Å²) in [4.78, 5) is 21.9. The Kier molecular flexibility index (Phi) is 5.32. The maximum Gasteiger partial charge on any atom is 0.274 e. The van der Waals surface area contributed by atoms with E-state index in [0.717, 1.165) is 40.7 Å². The van der Waals surface area contributed by atoms with Gasteiger partial charge in [0.1, 0.15) is 17.8 Å². The number of carbonyl (C=O) groups excluding carboxylic acids is 1. The number of allylic oxidation sites excluding steroid dienone is 3. The predicted octanol–water partition coefficient (Wildman–Crippen LogP) is 4.94. The first-order valence-electron chi connectivity index (χ1n) is 12.2. The number of nitrogens with zero attached hydrogens (tertiary/aromatic N) is 5. The Hall–Kier alpha value is -3.61. The molecule has 7 heteroatoms. The normalized spacial score (nSPS) is 20.6. The summed E-state index contributed by atoms with van der Waals surface area (Å²) < 4.78 is 2.20. The van der Waals surface area contributed by atoms with Crippen molar-refractivity contribution in [1.82, 2.24) is 30.0 Å². The molecule has 6 rings (SSSR count). The first kappa shape index (κ1) is 21.0. The van der Waals surface area contributed by atoms with Crippen LogP contribution < -0.4 is 5.32 Å². The maximum atomic E-state index is 13.0. The Morgan fingerprint density at radius 1 is 1.12 bits per heavy atom. The highest BCUT2D eigenvalue weighted by molar-refractivity contribution is 5.94. The summed E-state index contributed by atoms with van der Waals surface area (Å²) in [5, 5.41) is 11.6. The highest BCUT2D eigenvalue weighted by atomic mass is 16.1. The number of amides is 1. The minimum absolute atomic E-state index is 0.0827. The summed E-state index contributed by atoms with van der Waals surface area (Å²) in [5.41, 5.74) is 4.22. The van der Waals surface area contributed by atoms with Gasteiger partial charge in [0, 0.05) is 47.2 Å². The van der Waals surface area contributed by atoms with Gasteiger partial charge in [-0.2, -0.15) is 0 Å². The summed E-state index contributed by atoms with van der Waals surface area (Å²) >= 11 is 0. The molecule has 172 valence electrons. The molecule has 3 heterocycles. The van der Waals surface area contributed by atoms with Gasteiger partial charge in [0.25, 0.3) is 5.91 Å². The number of aromatic nitrogens is 5. The maximum absolute atomic E-state index is 13.0. The lowest BCUT2D eigenvalue weighted by Gasteiger charge is -2.21. The van der Waals surface area contributed by atoms with Crippen LogP contribution in [0.2, 0.25) is 0 Å². The lowest BCUT2D eigenvalue weighted by atomic mass is 9.97. The molecular formula is C27H28N6O. The fourth-order valence-corrected chi connectivity index (χ4v) is 4.71. The van der Waals surface area contributed by atoms with Crippen molar-refractivity contribution >= 4 is 5.91 Å². The van der Waals surface area contributed by atoms with E-state index in [0.29, 0.717) is 17.7 Å². The number of hydrogen-bond donors (Lipinski definition) is 1. The lowest BCUT2D eigenvalue weighted by Crippen LogP contribution is -2.24. The van der Waals surface area contributed by atoms with Crippen molar-refractivity contribution < 1.29 is 4.79 Å². The van der Waals surface area contributed by atoms with E-state index in [1.807, 2.05) is 30.7 Å². The SMILES string of the molecule is C[C@@H](C1CC1)n1cnnc1C1C=C(NC(=O)c2cc(-c3ccc(C4CC4)nc3)ccn2)C=CC1. The van der Waals surface area contributed by atoms with E-state index in [1.165, 1.54) is 25.7 Å². The van der Waals surface area contributed by atoms with E-state index in [1.54, 1.807) is 6.20 Å². The largest absolute Gasteiger partial charge is 0.321 e. The summed E-state index contributed by atoms with van der Waals surface area (Å²) in [5.74, 6) is 2.15. The molecule has 2 fully saturated rings. The fourth-order valence-electron chi connectivity index (χ4n) is 4.71. The molecule has 0 aromatic carbocycles. The van der Waals surface area contributed by atoms with Gasteiger partial charge in [0.15, 0.2) is 0 Å². The lowest BCUT2D eigenvalue weighted by molar-refractivity contribution is 0.0962. The van der Waals surface area contributed by atoms with Crippen LogP contribution in [0.4, 0.5) is 0 Å². The van der Waals surface area contributed by atoms with Gasteiger partial charge in [-0.05, 0) is 80.9 Å². The molecule has 0 radical (unpaired) electrons. The molecule has 0 bridgehead atoms. The molecule has 0 saturated heterocycles. The monoisotopic (exact) mass is 452 g/mol. The molecule has 1 N–H and O–H groups in total. The van der Waals surface area contributed by atoms with E-state index >= 15 is 0 Å². The van der Waals surface area contributed by atoms with Crippen LogP contribution in [-0.4, -0.2) is 30.6 Å². The van der Waals surface area contributed by atoms with Crippen LogP contribution in [0.15, 0.2) is 66.9 Å². The van der Waals surface area contributed by atoms with Crippen LogP contribution in [0.3, 0.4) is 0 Å². The molecular weight excluding hydrogens is 424 g/mol. The Labute approximate surface area is 199 Å². The Morgan fingerprint density at radius 3 is 2.76 bits per heavy atom. The minimum atomic E-state index is -0.228. The van der Waals surface area contributed by atoms with Gasteiger partial charge in [-0.3, -0.25) is 14.8 Å². The van der Waals surface area contributed by atoms with Crippen LogP contribution in [0.5, 0.6) is 0 Å². The van der Waals surface area contributed by atoms with Gasteiger partial charge in [-0.1, -0.05) is 12.1 Å². The average molecular weight is 453 g/mol. The van der Waals surface area contributed by atoms with Gasteiger partial charge < -0.3 is 9.88 Å². The van der Waals surface area contributed by atoms with Crippen LogP contribution in [0.1, 0.15) is 78.9 Å². The summed E-state index contributed by atoms with van der Waals surface area (Å²) in [6, 6.07) is 8.30. The highest BCUT2D eigenvalue weighted by Gasteiger charge is 2.32. The van der Waals surface area contributed by atoms with Crippen molar-refractivity contribution in [2.75, 3.05) is 0 Å². The molecule has 3 aliphatic carbocycles. The number of pyridine rings is 2. The predicted molar refractivity (Wildman–Crippen MR) is 129 cm³/mol. The molecule has 7 nitrogen and oxygen atoms in total. The van der Waals surface area contributed by atoms with Crippen molar-refractivity contribution in [3.63, 3.8) is 0 Å². The summed E-state index contributed by atoms with van der Waals surface area (Å²) in [7, 11) is 0. The average Bonchev–Trinajstić information content (AvgIpc) is 3.81. The van der Waals surface area contributed by atoms with Gasteiger partial charge in [0.2, 0.25) is 0 Å². The Balaban J connectivity index is 1.18. The van der Waals surface area contributed by atoms with Gasteiger partial charge >= 0.3 is 0 Å². The van der Waals surface area contributed by atoms with Gasteiger partial charge in [-0.15, -0.1) is 10.2 Å². The zero-order chi connectivity index (χ0) is 23.1. The van der Waals surface area contributed by atoms with Crippen LogP contribution in [0, 0.1) is 5.92 Å². The quantitative estimate of drug-likeness (QED) is 0.549. The molecule has 0 aliphatic heterocycles. The van der Waals surface area contributed by atoms with Gasteiger partial charge in [-0.25, -0.2) is 0 Å². The molecule has 3 aromatic rings. The molecule has 3 aromatic heterocycles. The van der Waals surface area contributed by atoms with E-state index in [2.05, 4.69) is 61.3 Å². The van der Waals surface area contributed by atoms with E-state index in [-0.39, 0.29) is 11.8 Å². The van der Waals surface area contributed by atoms with Crippen molar-refractivity contribution in [3.8, 4) is 11.1 Å². The first-order valence-corrected chi connectivity index (χ1v) is 12.2. The fraction of sp³-hybridized carbons (Fsp3) is 0.370. The van der Waals surface area contributed by atoms with Crippen LogP contribution in [-0.2, 0) is 0 Å². The van der Waals surface area contributed by atoms with Gasteiger partial charge in [0.05, 0.1) is 0 Å². The van der Waals surface area contributed by atoms with E-state index in [9.17, 15) is 4.79 Å². The van der Waals surface area contributed by atoms with Crippen molar-refractivity contribution in [1.29, 1.82) is 0 Å². The standard InChI is InChI=1S/C27H28N6O/c1-17(18-5-6-18)33-16-30-32-26(33)21-3-2-4-23(13-21)31-27(34)25-14-20(11-12-28-25)22-9-10-24(29-15-22)19-7-8-19/h2,4,9-19,21H,3,5-8H2,1H3,(H,31,34)/t17-,21?/m0/s1. The summed E-state index contributed by atoms with van der Waals surface area (Å²) in [6.45, 7) is 2.24. The molecule has 2 atom stereocenters. The van der Waals surface area contributed by atoms with E-state index in [4.69, 9.17) is 0 Å². The topological polar surface area (TPSA) is 85.6 Å². The first-order chi connectivity index (χ1) is 16.7. The second-order valence-corrected chi connectivity index (χ2v) is 9.67. The number of rotatable bonds is 7. The number of nitrogens with one attached hydrogen (secondary N) is 1. The van der Waals surface area contributed by atoms with Crippen molar-refractivity contribution in [2.24, 2.45) is 5.92 Å². The smallest absolute Gasteiger partial charge is 0.274 e. The van der Waals surface area contributed by atoms with E-state index < -0.39 is 0 Å². The number of hydrogen-bond acceptors (Lipinski definition) is 5. The molecule has 3 aliphatic rings. The second kappa shape index (κ2) is 8.63. The summed E-state index contributed by atoms with van der Waals surface area (Å²) in [6.07, 6.45) is 17.3. The molecule has 2 saturated carbocycles. The molecule has 34 heavy (non-hydrogen) atoms. The second-order valence-electron chi connectivity index (χ2n) is 9.67. The zero-order valence-electron chi connectivity index (χ0n) is 19.3. The van der Waals surface area contributed by atoms with Crippen molar-refractivity contribution in [2.45, 2.75) is 56.9 Å². The zero-order valence-corrected chi connectivity index (χ0v) is 19.3.